The maximum Gasteiger partial charge on any atom is 0.246 e. The zero-order chi connectivity index (χ0) is 15.9. The molecule has 1 aliphatic heterocycles. The summed E-state index contributed by atoms with van der Waals surface area (Å²) in [7, 11) is 0. The van der Waals surface area contributed by atoms with Crippen LogP contribution in [0.25, 0.3) is 0 Å². The molecule has 0 bridgehead atoms. The van der Waals surface area contributed by atoms with Gasteiger partial charge in [-0.2, -0.15) is 0 Å². The molecule has 1 N–H and O–H groups in total. The van der Waals surface area contributed by atoms with Gasteiger partial charge in [0, 0.05) is 16.7 Å². The number of thiophene rings is 1. The summed E-state index contributed by atoms with van der Waals surface area (Å²) in [5, 5.41) is 4.99. The van der Waals surface area contributed by atoms with Gasteiger partial charge in [0.2, 0.25) is 11.8 Å². The van der Waals surface area contributed by atoms with Crippen LogP contribution in [0.1, 0.15) is 37.1 Å². The predicted molar refractivity (Wildman–Crippen MR) is 91.1 cm³/mol. The molecular weight excluding hydrogens is 316 g/mol. The molecule has 2 fully saturated rings. The van der Waals surface area contributed by atoms with Gasteiger partial charge in [0.15, 0.2) is 0 Å². The van der Waals surface area contributed by atoms with E-state index in [1.807, 2.05) is 18.7 Å². The van der Waals surface area contributed by atoms with Crippen molar-refractivity contribution in [1.82, 2.24) is 10.2 Å². The van der Waals surface area contributed by atoms with E-state index < -0.39 is 4.75 Å². The highest BCUT2D eigenvalue weighted by Gasteiger charge is 2.42. The summed E-state index contributed by atoms with van der Waals surface area (Å²) in [5.74, 6) is 0.696. The lowest BCUT2D eigenvalue weighted by molar-refractivity contribution is -0.137. The number of nitrogens with zero attached hydrogens (tertiary/aromatic N) is 1. The molecule has 4 nitrogen and oxygen atoms in total. The number of rotatable bonds is 4. The van der Waals surface area contributed by atoms with E-state index in [1.54, 1.807) is 23.1 Å². The van der Waals surface area contributed by atoms with Crippen molar-refractivity contribution in [2.75, 3.05) is 5.75 Å². The fourth-order valence-electron chi connectivity index (χ4n) is 2.56. The fourth-order valence-corrected chi connectivity index (χ4v) is 4.46. The van der Waals surface area contributed by atoms with Crippen LogP contribution in [0.4, 0.5) is 0 Å². The largest absolute Gasteiger partial charge is 0.342 e. The number of amides is 2. The van der Waals surface area contributed by atoms with Crippen molar-refractivity contribution < 1.29 is 9.59 Å². The first-order chi connectivity index (χ1) is 10.4. The standard InChI is InChI=1S/C16H22N2O2S2/c1-10-6-7-21-13(10)8-18(11-4-5-11)14(19)12-9-22-16(2,3)15(20)17-12/h6-7,11-12H,4-5,8-9H2,1-3H3,(H,17,20)/t12-/m1/s1. The molecule has 120 valence electrons. The first-order valence-corrected chi connectivity index (χ1v) is 9.53. The van der Waals surface area contributed by atoms with Crippen molar-refractivity contribution in [2.45, 2.75) is 57.0 Å². The third-order valence-corrected chi connectivity index (χ3v) is 6.73. The second-order valence-electron chi connectivity index (χ2n) is 6.57. The predicted octanol–water partition coefficient (Wildman–Crippen LogP) is 2.56. The van der Waals surface area contributed by atoms with Crippen LogP contribution in [0.5, 0.6) is 0 Å². The van der Waals surface area contributed by atoms with Crippen molar-refractivity contribution in [3.63, 3.8) is 0 Å². The molecule has 0 aromatic carbocycles. The van der Waals surface area contributed by atoms with E-state index in [9.17, 15) is 9.59 Å². The molecule has 0 unspecified atom stereocenters. The minimum Gasteiger partial charge on any atom is -0.342 e. The molecule has 1 aromatic heterocycles. The van der Waals surface area contributed by atoms with E-state index >= 15 is 0 Å². The van der Waals surface area contributed by atoms with Crippen molar-refractivity contribution in [3.8, 4) is 0 Å². The average molecular weight is 338 g/mol. The summed E-state index contributed by atoms with van der Waals surface area (Å²) in [6, 6.07) is 2.06. The van der Waals surface area contributed by atoms with Crippen LogP contribution >= 0.6 is 23.1 Å². The third-order valence-electron chi connectivity index (χ3n) is 4.31. The van der Waals surface area contributed by atoms with Crippen LogP contribution in [-0.2, 0) is 16.1 Å². The van der Waals surface area contributed by atoms with Crippen molar-refractivity contribution in [1.29, 1.82) is 0 Å². The molecule has 1 aromatic rings. The van der Waals surface area contributed by atoms with Gasteiger partial charge in [-0.25, -0.2) is 0 Å². The van der Waals surface area contributed by atoms with E-state index in [-0.39, 0.29) is 17.9 Å². The van der Waals surface area contributed by atoms with E-state index in [4.69, 9.17) is 0 Å². The van der Waals surface area contributed by atoms with Gasteiger partial charge >= 0.3 is 0 Å². The summed E-state index contributed by atoms with van der Waals surface area (Å²) in [5.41, 5.74) is 1.24. The summed E-state index contributed by atoms with van der Waals surface area (Å²) in [6.45, 7) is 6.57. The summed E-state index contributed by atoms with van der Waals surface area (Å²) in [6.07, 6.45) is 2.16. The lowest BCUT2D eigenvalue weighted by atomic mass is 10.1. The number of hydrogen-bond acceptors (Lipinski definition) is 4. The minimum atomic E-state index is -0.439. The maximum absolute atomic E-state index is 12.9. The Labute approximate surface area is 139 Å². The lowest BCUT2D eigenvalue weighted by Crippen LogP contribution is -2.58. The summed E-state index contributed by atoms with van der Waals surface area (Å²) < 4.78 is -0.439. The SMILES string of the molecule is Cc1ccsc1CN(C(=O)[C@H]1CSC(C)(C)C(=O)N1)C1CC1. The monoisotopic (exact) mass is 338 g/mol. The summed E-state index contributed by atoms with van der Waals surface area (Å²) >= 11 is 3.27. The first-order valence-electron chi connectivity index (χ1n) is 7.67. The highest BCUT2D eigenvalue weighted by molar-refractivity contribution is 8.01. The molecule has 2 aliphatic rings. The van der Waals surface area contributed by atoms with Gasteiger partial charge in [0.05, 0.1) is 11.3 Å². The van der Waals surface area contributed by atoms with Gasteiger partial charge in [-0.3, -0.25) is 9.59 Å². The van der Waals surface area contributed by atoms with E-state index in [1.165, 1.54) is 10.4 Å². The molecule has 2 amide bonds. The smallest absolute Gasteiger partial charge is 0.246 e. The Morgan fingerprint density at radius 2 is 2.18 bits per heavy atom. The van der Waals surface area contributed by atoms with Crippen LogP contribution in [0.15, 0.2) is 11.4 Å². The maximum atomic E-state index is 12.9. The first kappa shape index (κ1) is 15.9. The van der Waals surface area contributed by atoms with Gasteiger partial charge in [-0.1, -0.05) is 0 Å². The van der Waals surface area contributed by atoms with Crippen LogP contribution < -0.4 is 5.32 Å². The molecule has 6 heteroatoms. The Morgan fingerprint density at radius 1 is 1.45 bits per heavy atom. The number of carbonyl (C=O) groups excluding carboxylic acids is 2. The Morgan fingerprint density at radius 3 is 2.73 bits per heavy atom. The topological polar surface area (TPSA) is 49.4 Å². The number of hydrogen-bond donors (Lipinski definition) is 1. The highest BCUT2D eigenvalue weighted by Crippen LogP contribution is 2.33. The molecular formula is C16H22N2O2S2. The lowest BCUT2D eigenvalue weighted by Gasteiger charge is -2.35. The zero-order valence-corrected chi connectivity index (χ0v) is 14.9. The minimum absolute atomic E-state index is 0.0369. The molecule has 1 saturated carbocycles. The Balaban J connectivity index is 1.71. The van der Waals surface area contributed by atoms with Crippen LogP contribution in [0, 0.1) is 6.92 Å². The van der Waals surface area contributed by atoms with Gasteiger partial charge in [-0.15, -0.1) is 23.1 Å². The quantitative estimate of drug-likeness (QED) is 0.918. The Bertz CT molecular complexity index is 593. The fraction of sp³-hybridized carbons (Fsp3) is 0.625. The van der Waals surface area contributed by atoms with Crippen LogP contribution in [0.2, 0.25) is 0 Å². The average Bonchev–Trinajstić information content (AvgIpc) is 3.22. The number of aryl methyl sites for hydroxylation is 1. The van der Waals surface area contributed by atoms with Crippen LogP contribution in [0.3, 0.4) is 0 Å². The third kappa shape index (κ3) is 3.18. The Kier molecular flexibility index (Phi) is 4.25. The molecule has 0 radical (unpaired) electrons. The molecule has 1 aliphatic carbocycles. The van der Waals surface area contributed by atoms with Crippen molar-refractivity contribution in [3.05, 3.63) is 21.9 Å². The van der Waals surface area contributed by atoms with Crippen molar-refractivity contribution >= 4 is 34.9 Å². The number of carbonyl (C=O) groups is 2. The highest BCUT2D eigenvalue weighted by atomic mass is 32.2. The second kappa shape index (κ2) is 5.89. The number of thioether (sulfide) groups is 1. The van der Waals surface area contributed by atoms with E-state index in [0.717, 1.165) is 12.8 Å². The number of nitrogens with one attached hydrogen (secondary N) is 1. The van der Waals surface area contributed by atoms with Crippen LogP contribution in [-0.4, -0.2) is 39.3 Å². The van der Waals surface area contributed by atoms with Gasteiger partial charge in [0.25, 0.3) is 0 Å². The summed E-state index contributed by atoms with van der Waals surface area (Å²) in [4.78, 5) is 28.2. The van der Waals surface area contributed by atoms with Gasteiger partial charge in [0.1, 0.15) is 6.04 Å². The van der Waals surface area contributed by atoms with E-state index in [0.29, 0.717) is 18.3 Å². The van der Waals surface area contributed by atoms with Gasteiger partial charge < -0.3 is 10.2 Å². The molecule has 1 atom stereocenters. The van der Waals surface area contributed by atoms with Crippen molar-refractivity contribution in [2.24, 2.45) is 0 Å². The Hall–Kier alpha value is -1.01. The van der Waals surface area contributed by atoms with E-state index in [2.05, 4.69) is 23.7 Å². The zero-order valence-electron chi connectivity index (χ0n) is 13.2. The molecule has 2 heterocycles. The molecule has 0 spiro atoms. The molecule has 3 rings (SSSR count). The molecule has 1 saturated heterocycles. The normalized spacial score (nSPS) is 24.0. The van der Waals surface area contributed by atoms with Gasteiger partial charge in [-0.05, 0) is 50.6 Å². The second-order valence-corrected chi connectivity index (χ2v) is 9.21. The molecule has 22 heavy (non-hydrogen) atoms.